The van der Waals surface area contributed by atoms with Gasteiger partial charge < -0.3 is 5.32 Å². The third-order valence-corrected chi connectivity index (χ3v) is 4.70. The van der Waals surface area contributed by atoms with E-state index in [-0.39, 0.29) is 18.9 Å². The van der Waals surface area contributed by atoms with Gasteiger partial charge in [0, 0.05) is 23.9 Å². The highest BCUT2D eigenvalue weighted by Crippen LogP contribution is 2.38. The van der Waals surface area contributed by atoms with Crippen LogP contribution in [0.1, 0.15) is 36.8 Å². The van der Waals surface area contributed by atoms with Crippen LogP contribution in [0, 0.1) is 12.8 Å². The molecule has 1 unspecified atom stereocenters. The number of rotatable bonds is 4. The molecule has 0 aliphatic heterocycles. The summed E-state index contributed by atoms with van der Waals surface area (Å²) in [7, 11) is 1.90. The zero-order chi connectivity index (χ0) is 14.8. The van der Waals surface area contributed by atoms with Gasteiger partial charge in [-0.25, -0.2) is 8.78 Å². The van der Waals surface area contributed by atoms with Crippen molar-refractivity contribution in [2.24, 2.45) is 5.92 Å². The normalized spacial score (nSPS) is 20.9. The molecule has 1 aliphatic carbocycles. The van der Waals surface area contributed by atoms with E-state index in [0.717, 1.165) is 22.6 Å². The highest BCUT2D eigenvalue weighted by molar-refractivity contribution is 6.31. The predicted molar refractivity (Wildman–Crippen MR) is 79.6 cm³/mol. The molecule has 0 spiro atoms. The third kappa shape index (κ3) is 3.92. The number of aryl methyl sites for hydroxylation is 1. The van der Waals surface area contributed by atoms with Crippen LogP contribution in [0.2, 0.25) is 5.02 Å². The minimum atomic E-state index is -2.46. The quantitative estimate of drug-likeness (QED) is 0.856. The lowest BCUT2D eigenvalue weighted by Gasteiger charge is -2.34. The highest BCUT2D eigenvalue weighted by Gasteiger charge is 2.37. The molecule has 1 saturated carbocycles. The number of benzene rings is 1. The highest BCUT2D eigenvalue weighted by atomic mass is 35.5. The summed E-state index contributed by atoms with van der Waals surface area (Å²) in [6, 6.07) is 6.26. The Bertz CT molecular complexity index is 452. The van der Waals surface area contributed by atoms with Crippen molar-refractivity contribution in [3.8, 4) is 0 Å². The molecular formula is C16H22ClF2N. The molecule has 1 fully saturated rings. The Labute approximate surface area is 124 Å². The summed E-state index contributed by atoms with van der Waals surface area (Å²) < 4.78 is 26.5. The summed E-state index contributed by atoms with van der Waals surface area (Å²) in [4.78, 5) is 0. The predicted octanol–water partition coefficient (Wildman–Crippen LogP) is 4.60. The summed E-state index contributed by atoms with van der Waals surface area (Å²) in [6.07, 6.45) is 1.99. The molecule has 1 aromatic rings. The maximum atomic E-state index is 13.2. The summed E-state index contributed by atoms with van der Waals surface area (Å²) in [5.41, 5.74) is 2.23. The van der Waals surface area contributed by atoms with Gasteiger partial charge in [0.05, 0.1) is 0 Å². The van der Waals surface area contributed by atoms with Crippen molar-refractivity contribution in [1.29, 1.82) is 0 Å². The number of hydrogen-bond donors (Lipinski definition) is 1. The summed E-state index contributed by atoms with van der Waals surface area (Å²) >= 11 is 6.27. The van der Waals surface area contributed by atoms with E-state index in [2.05, 4.69) is 5.32 Å². The van der Waals surface area contributed by atoms with E-state index in [9.17, 15) is 8.78 Å². The fourth-order valence-electron chi connectivity index (χ4n) is 3.02. The molecule has 0 amide bonds. The van der Waals surface area contributed by atoms with Crippen LogP contribution in [-0.2, 0) is 6.42 Å². The van der Waals surface area contributed by atoms with Gasteiger partial charge in [-0.05, 0) is 56.3 Å². The minimum absolute atomic E-state index is 0.0114. The fourth-order valence-corrected chi connectivity index (χ4v) is 3.34. The molecule has 1 N–H and O–H groups in total. The molecular weight excluding hydrogens is 280 g/mol. The van der Waals surface area contributed by atoms with E-state index in [1.54, 1.807) is 0 Å². The van der Waals surface area contributed by atoms with Gasteiger partial charge in [-0.1, -0.05) is 23.7 Å². The lowest BCUT2D eigenvalue weighted by molar-refractivity contribution is -0.0492. The lowest BCUT2D eigenvalue weighted by atomic mass is 9.80. The molecule has 0 aromatic heterocycles. The van der Waals surface area contributed by atoms with Crippen molar-refractivity contribution in [3.63, 3.8) is 0 Å². The van der Waals surface area contributed by atoms with Gasteiger partial charge in [-0.15, -0.1) is 0 Å². The zero-order valence-electron chi connectivity index (χ0n) is 12.1. The van der Waals surface area contributed by atoms with Gasteiger partial charge in [-0.2, -0.15) is 0 Å². The van der Waals surface area contributed by atoms with Crippen molar-refractivity contribution < 1.29 is 8.78 Å². The van der Waals surface area contributed by atoms with Crippen molar-refractivity contribution in [3.05, 3.63) is 34.3 Å². The minimum Gasteiger partial charge on any atom is -0.316 e. The maximum absolute atomic E-state index is 13.2. The van der Waals surface area contributed by atoms with E-state index < -0.39 is 5.92 Å². The first-order chi connectivity index (χ1) is 9.41. The summed E-state index contributed by atoms with van der Waals surface area (Å²) in [6.45, 7) is 2.01. The number of hydrogen-bond acceptors (Lipinski definition) is 1. The largest absolute Gasteiger partial charge is 0.316 e. The first kappa shape index (κ1) is 15.7. The maximum Gasteiger partial charge on any atom is 0.248 e. The molecule has 0 heterocycles. The van der Waals surface area contributed by atoms with Crippen molar-refractivity contribution >= 4 is 11.6 Å². The zero-order valence-corrected chi connectivity index (χ0v) is 12.8. The van der Waals surface area contributed by atoms with E-state index in [4.69, 9.17) is 11.6 Å². The number of likely N-dealkylation sites (N-methyl/N-ethyl adjacent to an activating group) is 1. The smallest absolute Gasteiger partial charge is 0.248 e. The third-order valence-electron chi connectivity index (χ3n) is 4.35. The Morgan fingerprint density at radius 3 is 2.55 bits per heavy atom. The van der Waals surface area contributed by atoms with E-state index in [1.165, 1.54) is 0 Å². The number of alkyl halides is 2. The van der Waals surface area contributed by atoms with Crippen LogP contribution in [0.15, 0.2) is 18.2 Å². The van der Waals surface area contributed by atoms with Gasteiger partial charge in [0.15, 0.2) is 0 Å². The van der Waals surface area contributed by atoms with Gasteiger partial charge in [0.25, 0.3) is 0 Å². The lowest BCUT2D eigenvalue weighted by Crippen LogP contribution is -2.39. The fraction of sp³-hybridized carbons (Fsp3) is 0.625. The number of nitrogens with one attached hydrogen (secondary N) is 1. The van der Waals surface area contributed by atoms with Crippen molar-refractivity contribution in [1.82, 2.24) is 5.32 Å². The molecule has 1 aromatic carbocycles. The van der Waals surface area contributed by atoms with Crippen molar-refractivity contribution in [2.75, 3.05) is 7.05 Å². The Kier molecular flexibility index (Phi) is 5.03. The second kappa shape index (κ2) is 6.40. The van der Waals surface area contributed by atoms with Crippen molar-refractivity contribution in [2.45, 2.75) is 51.0 Å². The van der Waals surface area contributed by atoms with Crippen LogP contribution in [0.4, 0.5) is 8.78 Å². The molecule has 1 nitrogen and oxygen atoms in total. The molecule has 20 heavy (non-hydrogen) atoms. The second-order valence-corrected chi connectivity index (χ2v) is 6.29. The average Bonchev–Trinajstić information content (AvgIpc) is 2.39. The van der Waals surface area contributed by atoms with E-state index in [0.29, 0.717) is 18.8 Å². The van der Waals surface area contributed by atoms with Crippen LogP contribution < -0.4 is 5.32 Å². The molecule has 0 bridgehead atoms. The van der Waals surface area contributed by atoms with Gasteiger partial charge in [-0.3, -0.25) is 0 Å². The summed E-state index contributed by atoms with van der Waals surface area (Å²) in [5, 5.41) is 4.06. The van der Waals surface area contributed by atoms with Gasteiger partial charge in [0.1, 0.15) is 0 Å². The standard InChI is InChI=1S/C16H22ClF2N/c1-11-3-4-13(14(17)9-11)10-15(20-2)12-5-7-16(18,19)8-6-12/h3-4,9,12,15,20H,5-8,10H2,1-2H3. The average molecular weight is 302 g/mol. The van der Waals surface area contributed by atoms with Gasteiger partial charge in [0.2, 0.25) is 5.92 Å². The monoisotopic (exact) mass is 301 g/mol. The number of halogens is 3. The molecule has 1 aliphatic rings. The first-order valence-electron chi connectivity index (χ1n) is 7.21. The Morgan fingerprint density at radius 1 is 1.35 bits per heavy atom. The Morgan fingerprint density at radius 2 is 2.00 bits per heavy atom. The Balaban J connectivity index is 2.02. The molecule has 4 heteroatoms. The van der Waals surface area contributed by atoms with E-state index in [1.807, 2.05) is 32.2 Å². The van der Waals surface area contributed by atoms with Crippen LogP contribution >= 0.6 is 11.6 Å². The summed E-state index contributed by atoms with van der Waals surface area (Å²) in [5.74, 6) is -2.16. The van der Waals surface area contributed by atoms with Crippen LogP contribution in [0.25, 0.3) is 0 Å². The first-order valence-corrected chi connectivity index (χ1v) is 7.59. The molecule has 1 atom stereocenters. The SMILES string of the molecule is CNC(Cc1ccc(C)cc1Cl)C1CCC(F)(F)CC1. The molecule has 0 radical (unpaired) electrons. The second-order valence-electron chi connectivity index (χ2n) is 5.89. The van der Waals surface area contributed by atoms with Gasteiger partial charge >= 0.3 is 0 Å². The van der Waals surface area contributed by atoms with Crippen LogP contribution in [0.3, 0.4) is 0 Å². The van der Waals surface area contributed by atoms with Crippen LogP contribution in [-0.4, -0.2) is 19.0 Å². The molecule has 112 valence electrons. The Hall–Kier alpha value is -0.670. The van der Waals surface area contributed by atoms with Crippen LogP contribution in [0.5, 0.6) is 0 Å². The van der Waals surface area contributed by atoms with E-state index >= 15 is 0 Å². The topological polar surface area (TPSA) is 12.0 Å². The molecule has 0 saturated heterocycles. The molecule has 2 rings (SSSR count).